The molecule has 1 N–H and O–H groups in total. The largest absolute Gasteiger partial charge is 0.394 e. The van der Waals surface area contributed by atoms with Crippen LogP contribution in [0.1, 0.15) is 17.2 Å². The summed E-state index contributed by atoms with van der Waals surface area (Å²) in [5.74, 6) is 1.48. The van der Waals surface area contributed by atoms with E-state index in [-0.39, 0.29) is 24.3 Å². The van der Waals surface area contributed by atoms with E-state index in [0.29, 0.717) is 51.0 Å². The number of fused-ring (bicyclic) bond motifs is 1. The lowest BCUT2D eigenvalue weighted by Gasteiger charge is -2.38. The third-order valence-electron chi connectivity index (χ3n) is 7.57. The van der Waals surface area contributed by atoms with E-state index < -0.39 is 0 Å². The molecule has 0 radical (unpaired) electrons. The third-order valence-corrected chi connectivity index (χ3v) is 7.57. The van der Waals surface area contributed by atoms with Crippen LogP contribution < -0.4 is 15.4 Å². The van der Waals surface area contributed by atoms with E-state index in [1.165, 1.54) is 5.56 Å². The van der Waals surface area contributed by atoms with E-state index in [0.717, 1.165) is 27.8 Å². The van der Waals surface area contributed by atoms with Crippen LogP contribution in [-0.2, 0) is 16.5 Å². The second-order valence-corrected chi connectivity index (χ2v) is 10.2. The smallest absolute Gasteiger partial charge is 0.253 e. The Labute approximate surface area is 227 Å². The minimum atomic E-state index is -0.266. The number of aryl methyl sites for hydroxylation is 2. The lowest BCUT2D eigenvalue weighted by Crippen LogP contribution is -2.45. The van der Waals surface area contributed by atoms with Gasteiger partial charge in [0.15, 0.2) is 0 Å². The number of benzene rings is 2. The van der Waals surface area contributed by atoms with E-state index >= 15 is 0 Å². The quantitative estimate of drug-likeness (QED) is 0.423. The molecular weight excluding hydrogens is 494 g/mol. The molecule has 4 heterocycles. The average Bonchev–Trinajstić information content (AvgIpc) is 2.99. The fourth-order valence-corrected chi connectivity index (χ4v) is 5.50. The SMILES string of the molecule is Cc1cc(-c2ccc3nc(N4CCO[C@H](CO)C4)nc(N4CCOC[C@@H]4c4ccccc4)c3c2)cn(C)c1=O. The van der Waals surface area contributed by atoms with E-state index in [9.17, 15) is 9.90 Å². The first kappa shape index (κ1) is 25.5. The van der Waals surface area contributed by atoms with Crippen LogP contribution in [0.3, 0.4) is 0 Å². The van der Waals surface area contributed by atoms with Crippen LogP contribution in [0.4, 0.5) is 11.8 Å². The second kappa shape index (κ2) is 10.8. The van der Waals surface area contributed by atoms with E-state index in [4.69, 9.17) is 19.4 Å². The van der Waals surface area contributed by atoms with Crippen LogP contribution in [0.2, 0.25) is 0 Å². The Morgan fingerprint density at radius 3 is 2.67 bits per heavy atom. The minimum Gasteiger partial charge on any atom is -0.394 e. The number of hydrogen-bond acceptors (Lipinski definition) is 8. The van der Waals surface area contributed by atoms with Crippen molar-refractivity contribution in [3.05, 3.63) is 82.3 Å². The Morgan fingerprint density at radius 1 is 1.03 bits per heavy atom. The molecule has 2 aliphatic rings. The molecule has 4 aromatic rings. The van der Waals surface area contributed by atoms with Gasteiger partial charge in [-0.05, 0) is 41.8 Å². The first-order valence-corrected chi connectivity index (χ1v) is 13.4. The van der Waals surface area contributed by atoms with Gasteiger partial charge in [0, 0.05) is 43.8 Å². The summed E-state index contributed by atoms with van der Waals surface area (Å²) >= 11 is 0. The van der Waals surface area contributed by atoms with Crippen molar-refractivity contribution in [2.45, 2.75) is 19.1 Å². The maximum Gasteiger partial charge on any atom is 0.253 e. The molecule has 202 valence electrons. The van der Waals surface area contributed by atoms with Gasteiger partial charge in [0.25, 0.3) is 5.56 Å². The van der Waals surface area contributed by atoms with Crippen LogP contribution in [0.5, 0.6) is 0 Å². The molecule has 0 aliphatic carbocycles. The number of ether oxygens (including phenoxy) is 2. The Morgan fingerprint density at radius 2 is 1.87 bits per heavy atom. The molecule has 2 fully saturated rings. The van der Waals surface area contributed by atoms with Gasteiger partial charge in [-0.3, -0.25) is 4.79 Å². The van der Waals surface area contributed by atoms with Crippen molar-refractivity contribution in [1.82, 2.24) is 14.5 Å². The average molecular weight is 528 g/mol. The Balaban J connectivity index is 1.51. The van der Waals surface area contributed by atoms with Crippen LogP contribution >= 0.6 is 0 Å². The maximum absolute atomic E-state index is 12.3. The second-order valence-electron chi connectivity index (χ2n) is 10.2. The van der Waals surface area contributed by atoms with Crippen molar-refractivity contribution in [1.29, 1.82) is 0 Å². The molecule has 0 amide bonds. The molecule has 9 nitrogen and oxygen atoms in total. The van der Waals surface area contributed by atoms with E-state index in [1.54, 1.807) is 11.6 Å². The molecule has 2 atom stereocenters. The normalized spacial score (nSPS) is 20.0. The summed E-state index contributed by atoms with van der Waals surface area (Å²) in [6.07, 6.45) is 1.60. The zero-order chi connectivity index (χ0) is 26.9. The first-order valence-electron chi connectivity index (χ1n) is 13.4. The van der Waals surface area contributed by atoms with Crippen molar-refractivity contribution >= 4 is 22.7 Å². The molecule has 6 rings (SSSR count). The Bertz CT molecular complexity index is 1510. The summed E-state index contributed by atoms with van der Waals surface area (Å²) in [6, 6.07) is 18.5. The molecule has 0 unspecified atom stereocenters. The molecule has 2 aromatic heterocycles. The van der Waals surface area contributed by atoms with Crippen LogP contribution in [-0.4, -0.2) is 71.8 Å². The van der Waals surface area contributed by atoms with Crippen molar-refractivity contribution in [3.8, 4) is 11.1 Å². The van der Waals surface area contributed by atoms with Gasteiger partial charge in [0.05, 0.1) is 44.1 Å². The van der Waals surface area contributed by atoms with Gasteiger partial charge in [-0.15, -0.1) is 0 Å². The highest BCUT2D eigenvalue weighted by Crippen LogP contribution is 2.36. The molecule has 2 aliphatic heterocycles. The van der Waals surface area contributed by atoms with Crippen molar-refractivity contribution in [2.24, 2.45) is 7.05 Å². The predicted octanol–water partition coefficient (Wildman–Crippen LogP) is 3.08. The number of morpholine rings is 2. The summed E-state index contributed by atoms with van der Waals surface area (Å²) in [4.78, 5) is 26.9. The number of hydrogen-bond donors (Lipinski definition) is 1. The van der Waals surface area contributed by atoms with E-state index in [1.807, 2.05) is 37.4 Å². The predicted molar refractivity (Wildman–Crippen MR) is 151 cm³/mol. The zero-order valence-corrected chi connectivity index (χ0v) is 22.3. The number of rotatable bonds is 5. The van der Waals surface area contributed by atoms with Gasteiger partial charge < -0.3 is 28.9 Å². The van der Waals surface area contributed by atoms with Gasteiger partial charge in [-0.25, -0.2) is 4.98 Å². The lowest BCUT2D eigenvalue weighted by atomic mass is 10.0. The minimum absolute atomic E-state index is 0.00100. The first-order chi connectivity index (χ1) is 19.0. The maximum atomic E-state index is 12.3. The number of aliphatic hydroxyl groups is 1. The molecule has 2 saturated heterocycles. The molecule has 2 aromatic carbocycles. The Hall–Kier alpha value is -3.79. The standard InChI is InChI=1S/C30H33N5O4/c1-20-14-23(16-33(2)29(20)37)22-8-9-26-25(15-22)28(32-30(31-26)34-10-13-39-24(17-34)18-36)35-11-12-38-19-27(35)21-6-4-3-5-7-21/h3-9,14-16,24,27,36H,10-13,17-19H2,1-2H3/t24-,27+/m0/s1. The number of aliphatic hydroxyl groups excluding tert-OH is 1. The number of nitrogens with zero attached hydrogens (tertiary/aromatic N) is 5. The summed E-state index contributed by atoms with van der Waals surface area (Å²) in [5, 5.41) is 10.6. The number of pyridine rings is 1. The monoisotopic (exact) mass is 527 g/mol. The highest BCUT2D eigenvalue weighted by atomic mass is 16.5. The molecular formula is C30H33N5O4. The summed E-state index contributed by atoms with van der Waals surface area (Å²) < 4.78 is 13.2. The summed E-state index contributed by atoms with van der Waals surface area (Å²) in [5.41, 5.74) is 4.67. The zero-order valence-electron chi connectivity index (χ0n) is 22.3. The summed E-state index contributed by atoms with van der Waals surface area (Å²) in [6.45, 7) is 5.35. The fraction of sp³-hybridized carbons (Fsp3) is 0.367. The van der Waals surface area contributed by atoms with Crippen LogP contribution in [0.25, 0.3) is 22.0 Å². The molecule has 0 bridgehead atoms. The fourth-order valence-electron chi connectivity index (χ4n) is 5.50. The molecule has 9 heteroatoms. The van der Waals surface area contributed by atoms with Gasteiger partial charge >= 0.3 is 0 Å². The third kappa shape index (κ3) is 5.01. The summed E-state index contributed by atoms with van der Waals surface area (Å²) in [7, 11) is 1.78. The van der Waals surface area contributed by atoms with E-state index in [2.05, 4.69) is 40.1 Å². The van der Waals surface area contributed by atoms with Crippen molar-refractivity contribution in [3.63, 3.8) is 0 Å². The van der Waals surface area contributed by atoms with Gasteiger partial charge in [0.1, 0.15) is 5.82 Å². The molecule has 0 saturated carbocycles. The van der Waals surface area contributed by atoms with Gasteiger partial charge in [0.2, 0.25) is 5.95 Å². The highest BCUT2D eigenvalue weighted by Gasteiger charge is 2.30. The van der Waals surface area contributed by atoms with Crippen molar-refractivity contribution < 1.29 is 14.6 Å². The molecule has 39 heavy (non-hydrogen) atoms. The lowest BCUT2D eigenvalue weighted by molar-refractivity contribution is 0.00315. The highest BCUT2D eigenvalue weighted by molar-refractivity contribution is 5.94. The van der Waals surface area contributed by atoms with Crippen LogP contribution in [0.15, 0.2) is 65.6 Å². The van der Waals surface area contributed by atoms with Crippen molar-refractivity contribution in [2.75, 3.05) is 55.9 Å². The number of anilines is 2. The van der Waals surface area contributed by atoms with Gasteiger partial charge in [-0.1, -0.05) is 36.4 Å². The van der Waals surface area contributed by atoms with Crippen LogP contribution in [0, 0.1) is 6.92 Å². The number of aromatic nitrogens is 3. The molecule has 0 spiro atoms. The van der Waals surface area contributed by atoms with Gasteiger partial charge in [-0.2, -0.15) is 4.98 Å². The topological polar surface area (TPSA) is 92.9 Å². The Kier molecular flexibility index (Phi) is 7.03.